The van der Waals surface area contributed by atoms with Gasteiger partial charge in [0.25, 0.3) is 0 Å². The van der Waals surface area contributed by atoms with Gasteiger partial charge in [-0.05, 0) is 43.5 Å². The first kappa shape index (κ1) is 11.4. The molecule has 3 heterocycles. The molecule has 19 heavy (non-hydrogen) atoms. The quantitative estimate of drug-likeness (QED) is 0.848. The number of hydrogen-bond acceptors (Lipinski definition) is 2. The molecule has 100 valence electrons. The van der Waals surface area contributed by atoms with Gasteiger partial charge in [0.15, 0.2) is 0 Å². The van der Waals surface area contributed by atoms with E-state index in [-0.39, 0.29) is 0 Å². The maximum absolute atomic E-state index is 5.33. The number of hydrogen-bond donors (Lipinski definition) is 1. The lowest BCUT2D eigenvalue weighted by atomic mass is 9.91. The van der Waals surface area contributed by atoms with E-state index in [1.165, 1.54) is 55.4 Å². The Labute approximate surface area is 113 Å². The van der Waals surface area contributed by atoms with Crippen molar-refractivity contribution < 1.29 is 4.74 Å². The molecule has 0 bridgehead atoms. The molecule has 1 fully saturated rings. The van der Waals surface area contributed by atoms with Gasteiger partial charge in [0.05, 0.1) is 13.2 Å². The summed E-state index contributed by atoms with van der Waals surface area (Å²) in [5.74, 6) is 0.937. The van der Waals surface area contributed by atoms with Crippen LogP contribution in [0.4, 0.5) is 0 Å². The maximum atomic E-state index is 5.33. The number of methoxy groups -OCH3 is 1. The number of fused-ring (bicyclic) bond motifs is 5. The predicted molar refractivity (Wildman–Crippen MR) is 76.7 cm³/mol. The summed E-state index contributed by atoms with van der Waals surface area (Å²) in [6.07, 6.45) is 5.20. The zero-order valence-electron chi connectivity index (χ0n) is 11.4. The van der Waals surface area contributed by atoms with Crippen molar-refractivity contribution in [2.45, 2.75) is 31.7 Å². The third-order valence-corrected chi connectivity index (χ3v) is 4.74. The molecular weight excluding hydrogens is 236 g/mol. The largest absolute Gasteiger partial charge is 0.497 e. The molecule has 4 rings (SSSR count). The number of piperidine rings is 1. The Balaban J connectivity index is 1.85. The summed E-state index contributed by atoms with van der Waals surface area (Å²) in [5.41, 5.74) is 4.24. The van der Waals surface area contributed by atoms with Crippen LogP contribution < -0.4 is 4.74 Å². The molecule has 3 nitrogen and oxygen atoms in total. The van der Waals surface area contributed by atoms with Crippen LogP contribution in [-0.4, -0.2) is 30.1 Å². The molecule has 0 aliphatic carbocycles. The summed E-state index contributed by atoms with van der Waals surface area (Å²) in [7, 11) is 1.73. The average molecular weight is 256 g/mol. The van der Waals surface area contributed by atoms with Crippen LogP contribution in [0.3, 0.4) is 0 Å². The van der Waals surface area contributed by atoms with Gasteiger partial charge in [-0.15, -0.1) is 0 Å². The van der Waals surface area contributed by atoms with Crippen molar-refractivity contribution in [1.29, 1.82) is 0 Å². The fraction of sp³-hybridized carbons (Fsp3) is 0.500. The van der Waals surface area contributed by atoms with E-state index in [0.717, 1.165) is 5.75 Å². The number of H-pyrrole nitrogens is 1. The molecule has 1 atom stereocenters. The van der Waals surface area contributed by atoms with Crippen LogP contribution >= 0.6 is 0 Å². The minimum atomic E-state index is 0.621. The minimum Gasteiger partial charge on any atom is -0.497 e. The number of aromatic nitrogens is 1. The van der Waals surface area contributed by atoms with Gasteiger partial charge >= 0.3 is 0 Å². The van der Waals surface area contributed by atoms with Gasteiger partial charge in [-0.25, -0.2) is 0 Å². The van der Waals surface area contributed by atoms with Crippen LogP contribution in [0.1, 0.15) is 36.6 Å². The second-order valence-corrected chi connectivity index (χ2v) is 5.73. The zero-order valence-corrected chi connectivity index (χ0v) is 11.4. The first-order valence-corrected chi connectivity index (χ1v) is 7.29. The average Bonchev–Trinajstić information content (AvgIpc) is 2.85. The molecule has 0 radical (unpaired) electrons. The minimum absolute atomic E-state index is 0.621. The van der Waals surface area contributed by atoms with Gasteiger partial charge < -0.3 is 9.72 Å². The lowest BCUT2D eigenvalue weighted by Gasteiger charge is -2.39. The smallest absolute Gasteiger partial charge is 0.120 e. The Morgan fingerprint density at radius 2 is 2.21 bits per heavy atom. The molecule has 1 N–H and O–H groups in total. The summed E-state index contributed by atoms with van der Waals surface area (Å²) in [6.45, 7) is 2.49. The topological polar surface area (TPSA) is 28.3 Å². The standard InChI is InChI=1S/C16H20N2O/c1-19-11-5-6-12-13-7-9-18-8-3-2-4-15(18)16(13)17-14(12)10-11/h5-6,10,15,17H,2-4,7-9H2,1H3. The van der Waals surface area contributed by atoms with Crippen molar-refractivity contribution in [3.05, 3.63) is 29.5 Å². The molecule has 1 aromatic carbocycles. The van der Waals surface area contributed by atoms with Crippen LogP contribution in [0.15, 0.2) is 18.2 Å². The third kappa shape index (κ3) is 1.68. The molecule has 1 saturated heterocycles. The third-order valence-electron chi connectivity index (χ3n) is 4.74. The van der Waals surface area contributed by atoms with E-state index < -0.39 is 0 Å². The number of nitrogens with zero attached hydrogens (tertiary/aromatic N) is 1. The van der Waals surface area contributed by atoms with Crippen molar-refractivity contribution in [2.24, 2.45) is 0 Å². The van der Waals surface area contributed by atoms with Gasteiger partial charge in [0, 0.05) is 29.2 Å². The molecule has 2 aliphatic rings. The van der Waals surface area contributed by atoms with Gasteiger partial charge in [0.2, 0.25) is 0 Å². The number of aromatic amines is 1. The molecule has 2 aliphatic heterocycles. The van der Waals surface area contributed by atoms with E-state index in [9.17, 15) is 0 Å². The lowest BCUT2D eigenvalue weighted by Crippen LogP contribution is -2.38. The molecule has 0 saturated carbocycles. The van der Waals surface area contributed by atoms with E-state index in [4.69, 9.17) is 4.74 Å². The summed E-state index contributed by atoms with van der Waals surface area (Å²) >= 11 is 0. The number of benzene rings is 1. The van der Waals surface area contributed by atoms with E-state index >= 15 is 0 Å². The summed E-state index contributed by atoms with van der Waals surface area (Å²) < 4.78 is 5.33. The Hall–Kier alpha value is -1.48. The van der Waals surface area contributed by atoms with Gasteiger partial charge in [0.1, 0.15) is 5.75 Å². The fourth-order valence-corrected chi connectivity index (χ4v) is 3.78. The fourth-order valence-electron chi connectivity index (χ4n) is 3.78. The summed E-state index contributed by atoms with van der Waals surface area (Å²) in [5, 5.41) is 1.39. The SMILES string of the molecule is COc1ccc2c3c([nH]c2c1)C1CCCCN1CC3. The van der Waals surface area contributed by atoms with Crippen LogP contribution in [0, 0.1) is 0 Å². The van der Waals surface area contributed by atoms with Crippen molar-refractivity contribution in [2.75, 3.05) is 20.2 Å². The van der Waals surface area contributed by atoms with Crippen molar-refractivity contribution in [1.82, 2.24) is 9.88 Å². The Kier molecular flexibility index (Phi) is 2.55. The molecule has 1 aromatic heterocycles. The second-order valence-electron chi connectivity index (χ2n) is 5.73. The highest BCUT2D eigenvalue weighted by molar-refractivity contribution is 5.86. The highest BCUT2D eigenvalue weighted by atomic mass is 16.5. The van der Waals surface area contributed by atoms with Gasteiger partial charge in [-0.3, -0.25) is 4.90 Å². The lowest BCUT2D eigenvalue weighted by molar-refractivity contribution is 0.136. The Morgan fingerprint density at radius 1 is 1.26 bits per heavy atom. The van der Waals surface area contributed by atoms with Crippen LogP contribution in [0.2, 0.25) is 0 Å². The molecule has 2 aromatic rings. The molecule has 3 heteroatoms. The molecule has 1 unspecified atom stereocenters. The van der Waals surface area contributed by atoms with Crippen LogP contribution in [-0.2, 0) is 6.42 Å². The first-order chi connectivity index (χ1) is 9.36. The maximum Gasteiger partial charge on any atom is 0.120 e. The van der Waals surface area contributed by atoms with Crippen molar-refractivity contribution in [3.8, 4) is 5.75 Å². The predicted octanol–water partition coefficient (Wildman–Crippen LogP) is 3.26. The first-order valence-electron chi connectivity index (χ1n) is 7.29. The number of nitrogens with one attached hydrogen (secondary N) is 1. The van der Waals surface area contributed by atoms with Gasteiger partial charge in [-0.1, -0.05) is 6.42 Å². The van der Waals surface area contributed by atoms with Crippen LogP contribution in [0.25, 0.3) is 10.9 Å². The monoisotopic (exact) mass is 256 g/mol. The highest BCUT2D eigenvalue weighted by Crippen LogP contribution is 2.39. The van der Waals surface area contributed by atoms with E-state index in [2.05, 4.69) is 28.1 Å². The number of rotatable bonds is 1. The second kappa shape index (κ2) is 4.27. The van der Waals surface area contributed by atoms with Gasteiger partial charge in [-0.2, -0.15) is 0 Å². The van der Waals surface area contributed by atoms with Crippen LogP contribution in [0.5, 0.6) is 5.75 Å². The summed E-state index contributed by atoms with van der Waals surface area (Å²) in [4.78, 5) is 6.32. The van der Waals surface area contributed by atoms with Crippen molar-refractivity contribution in [3.63, 3.8) is 0 Å². The molecule has 0 amide bonds. The Morgan fingerprint density at radius 3 is 3.11 bits per heavy atom. The van der Waals surface area contributed by atoms with Crippen molar-refractivity contribution >= 4 is 10.9 Å². The normalized spacial score (nSPS) is 23.1. The number of ether oxygens (including phenoxy) is 1. The molecule has 0 spiro atoms. The van der Waals surface area contributed by atoms with E-state index in [0.29, 0.717) is 6.04 Å². The molecular formula is C16H20N2O. The zero-order chi connectivity index (χ0) is 12.8. The summed E-state index contributed by atoms with van der Waals surface area (Å²) in [6, 6.07) is 7.03. The highest BCUT2D eigenvalue weighted by Gasteiger charge is 2.31. The van der Waals surface area contributed by atoms with E-state index in [1.54, 1.807) is 12.7 Å². The van der Waals surface area contributed by atoms with E-state index in [1.807, 2.05) is 0 Å². The Bertz CT molecular complexity index is 616.